The van der Waals surface area contributed by atoms with Gasteiger partial charge in [-0.05, 0) is 54.0 Å². The van der Waals surface area contributed by atoms with Crippen LogP contribution in [0.2, 0.25) is 0 Å². The molecule has 1 N–H and O–H groups in total. The predicted octanol–water partition coefficient (Wildman–Crippen LogP) is 3.90. The summed E-state index contributed by atoms with van der Waals surface area (Å²) in [5, 5.41) is 2.52. The standard InChI is InChI=1S/C32H34N4O4/c1-21(2)24-13-11-22(12-14-24)16-32(29(38)33-31(40)36(30(32)39)26-7-4-3-5-8-26)20-34-17-23-15-25(19-34)27-9-6-10-28(37)35(27)18-23/h3-14,21,23,25H,15-20H2,1-2H3,(H,33,38,40)/t23-,25?,32?/m1/s1. The fourth-order valence-electron chi connectivity index (χ4n) is 6.71. The number of carbonyl (C=O) groups is 3. The maximum absolute atomic E-state index is 14.4. The van der Waals surface area contributed by atoms with Crippen molar-refractivity contribution in [1.29, 1.82) is 0 Å². The normalized spacial score (nSPS) is 24.7. The number of rotatable bonds is 6. The number of aromatic nitrogens is 1. The molecule has 2 bridgehead atoms. The molecule has 40 heavy (non-hydrogen) atoms. The summed E-state index contributed by atoms with van der Waals surface area (Å²) in [5.41, 5.74) is 2.00. The van der Waals surface area contributed by atoms with E-state index in [1.54, 1.807) is 36.4 Å². The van der Waals surface area contributed by atoms with Crippen molar-refractivity contribution in [2.45, 2.75) is 45.1 Å². The third-order valence-electron chi connectivity index (χ3n) is 8.69. The van der Waals surface area contributed by atoms with Crippen LogP contribution in [0.4, 0.5) is 10.5 Å². The van der Waals surface area contributed by atoms with Gasteiger partial charge in [-0.2, -0.15) is 0 Å². The number of piperidine rings is 1. The molecule has 1 aromatic heterocycles. The van der Waals surface area contributed by atoms with Crippen LogP contribution in [0.1, 0.15) is 48.9 Å². The molecular formula is C32H34N4O4. The number of fused-ring (bicyclic) bond motifs is 4. The highest BCUT2D eigenvalue weighted by molar-refractivity contribution is 6.30. The highest BCUT2D eigenvalue weighted by Crippen LogP contribution is 2.39. The van der Waals surface area contributed by atoms with E-state index in [0.29, 0.717) is 31.2 Å². The van der Waals surface area contributed by atoms with Crippen LogP contribution in [0, 0.1) is 11.3 Å². The SMILES string of the molecule is CC(C)c1ccc(CC2(CN3CC4C[C@H](C3)Cn3c4cccc3=O)C(=O)NC(=O)N(c3ccccc3)C2=O)cc1. The van der Waals surface area contributed by atoms with Crippen molar-refractivity contribution in [2.24, 2.45) is 11.3 Å². The predicted molar refractivity (Wildman–Crippen MR) is 152 cm³/mol. The molecule has 8 heteroatoms. The monoisotopic (exact) mass is 538 g/mol. The van der Waals surface area contributed by atoms with Gasteiger partial charge in [-0.15, -0.1) is 0 Å². The van der Waals surface area contributed by atoms with Crippen LogP contribution in [-0.4, -0.2) is 46.9 Å². The Bertz CT molecular complexity index is 1510. The first kappa shape index (κ1) is 26.2. The molecule has 2 fully saturated rings. The van der Waals surface area contributed by atoms with Gasteiger partial charge in [-0.3, -0.25) is 19.7 Å². The highest BCUT2D eigenvalue weighted by atomic mass is 16.2. The summed E-state index contributed by atoms with van der Waals surface area (Å²) in [6.45, 7) is 6.36. The lowest BCUT2D eigenvalue weighted by Gasteiger charge is -2.47. The molecule has 3 aliphatic rings. The van der Waals surface area contributed by atoms with Crippen LogP contribution in [0.15, 0.2) is 77.6 Å². The summed E-state index contributed by atoms with van der Waals surface area (Å²) in [6.07, 6.45) is 1.15. The Balaban J connectivity index is 1.37. The number of carbonyl (C=O) groups excluding carboxylic acids is 3. The summed E-state index contributed by atoms with van der Waals surface area (Å²) < 4.78 is 1.87. The Morgan fingerprint density at radius 3 is 2.35 bits per heavy atom. The number of hydrogen-bond donors (Lipinski definition) is 1. The van der Waals surface area contributed by atoms with Crippen LogP contribution in [0.5, 0.6) is 0 Å². The topological polar surface area (TPSA) is 91.7 Å². The summed E-state index contributed by atoms with van der Waals surface area (Å²) in [4.78, 5) is 57.0. The third-order valence-corrected chi connectivity index (χ3v) is 8.69. The van der Waals surface area contributed by atoms with E-state index in [2.05, 4.69) is 24.1 Å². The van der Waals surface area contributed by atoms with Crippen LogP contribution >= 0.6 is 0 Å². The maximum atomic E-state index is 14.4. The summed E-state index contributed by atoms with van der Waals surface area (Å²) in [7, 11) is 0. The van der Waals surface area contributed by atoms with E-state index in [-0.39, 0.29) is 30.4 Å². The maximum Gasteiger partial charge on any atom is 0.335 e. The molecule has 2 aromatic carbocycles. The zero-order chi connectivity index (χ0) is 28.0. The van der Waals surface area contributed by atoms with Crippen LogP contribution in [0.25, 0.3) is 0 Å². The van der Waals surface area contributed by atoms with Gasteiger partial charge in [0, 0.05) is 43.9 Å². The smallest absolute Gasteiger partial charge is 0.312 e. The Kier molecular flexibility index (Phi) is 6.66. The summed E-state index contributed by atoms with van der Waals surface area (Å²) >= 11 is 0. The van der Waals surface area contributed by atoms with Crippen molar-refractivity contribution in [2.75, 3.05) is 24.5 Å². The number of anilines is 1. The van der Waals surface area contributed by atoms with Gasteiger partial charge in [0.15, 0.2) is 0 Å². The van der Waals surface area contributed by atoms with Gasteiger partial charge in [-0.25, -0.2) is 9.69 Å². The Morgan fingerprint density at radius 1 is 0.875 bits per heavy atom. The van der Waals surface area contributed by atoms with Crippen molar-refractivity contribution in [3.8, 4) is 0 Å². The van der Waals surface area contributed by atoms with E-state index in [9.17, 15) is 19.2 Å². The first-order valence-electron chi connectivity index (χ1n) is 14.0. The van der Waals surface area contributed by atoms with Gasteiger partial charge < -0.3 is 9.47 Å². The number of amides is 4. The number of hydrogen-bond acceptors (Lipinski definition) is 5. The second-order valence-electron chi connectivity index (χ2n) is 11.8. The molecule has 4 amide bonds. The number of nitrogens with zero attached hydrogens (tertiary/aromatic N) is 3. The molecule has 3 atom stereocenters. The van der Waals surface area contributed by atoms with Gasteiger partial charge in [0.05, 0.1) is 5.69 Å². The number of para-hydroxylation sites is 1. The van der Waals surface area contributed by atoms with E-state index in [1.807, 2.05) is 41.0 Å². The molecule has 2 unspecified atom stereocenters. The Hall–Kier alpha value is -4.04. The lowest BCUT2D eigenvalue weighted by molar-refractivity contribution is -0.144. The summed E-state index contributed by atoms with van der Waals surface area (Å²) in [5.74, 6) is -0.334. The number of benzene rings is 2. The number of pyridine rings is 1. The Morgan fingerprint density at radius 2 is 1.62 bits per heavy atom. The van der Waals surface area contributed by atoms with Gasteiger partial charge in [-0.1, -0.05) is 62.4 Å². The second kappa shape index (κ2) is 10.2. The van der Waals surface area contributed by atoms with Crippen LogP contribution in [-0.2, 0) is 22.6 Å². The number of imide groups is 2. The van der Waals surface area contributed by atoms with E-state index in [0.717, 1.165) is 22.6 Å². The minimum Gasteiger partial charge on any atom is -0.312 e. The van der Waals surface area contributed by atoms with Crippen molar-refractivity contribution in [1.82, 2.24) is 14.8 Å². The van der Waals surface area contributed by atoms with Crippen molar-refractivity contribution in [3.63, 3.8) is 0 Å². The van der Waals surface area contributed by atoms with Gasteiger partial charge in [0.1, 0.15) is 5.41 Å². The number of barbiturate groups is 1. The zero-order valence-electron chi connectivity index (χ0n) is 22.9. The van der Waals surface area contributed by atoms with E-state index in [1.165, 1.54) is 5.56 Å². The molecule has 8 nitrogen and oxygen atoms in total. The van der Waals surface area contributed by atoms with E-state index in [4.69, 9.17) is 0 Å². The van der Waals surface area contributed by atoms with E-state index >= 15 is 0 Å². The molecule has 0 spiro atoms. The molecule has 0 saturated carbocycles. The fourth-order valence-corrected chi connectivity index (χ4v) is 6.71. The Labute approximate surface area is 233 Å². The first-order chi connectivity index (χ1) is 19.2. The van der Waals surface area contributed by atoms with Crippen LogP contribution in [0.3, 0.4) is 0 Å². The van der Waals surface area contributed by atoms with Gasteiger partial charge in [0.2, 0.25) is 5.91 Å². The number of urea groups is 1. The molecule has 6 rings (SSSR count). The quantitative estimate of drug-likeness (QED) is 0.481. The molecule has 3 aliphatic heterocycles. The van der Waals surface area contributed by atoms with Crippen molar-refractivity contribution in [3.05, 3.63) is 100.0 Å². The minimum absolute atomic E-state index is 0.0146. The molecule has 0 radical (unpaired) electrons. The highest BCUT2D eigenvalue weighted by Gasteiger charge is 2.55. The summed E-state index contributed by atoms with van der Waals surface area (Å²) in [6, 6.07) is 21.5. The van der Waals surface area contributed by atoms with E-state index < -0.39 is 23.3 Å². The first-order valence-corrected chi connectivity index (χ1v) is 14.0. The second-order valence-corrected chi connectivity index (χ2v) is 11.8. The number of nitrogens with one attached hydrogen (secondary N) is 1. The third kappa shape index (κ3) is 4.56. The molecule has 4 heterocycles. The molecule has 206 valence electrons. The average molecular weight is 539 g/mol. The average Bonchev–Trinajstić information content (AvgIpc) is 2.93. The zero-order valence-corrected chi connectivity index (χ0v) is 22.9. The van der Waals surface area contributed by atoms with Crippen molar-refractivity contribution < 1.29 is 14.4 Å². The lowest BCUT2D eigenvalue weighted by Crippen LogP contribution is -2.68. The van der Waals surface area contributed by atoms with Crippen LogP contribution < -0.4 is 15.8 Å². The molecular weight excluding hydrogens is 504 g/mol. The lowest BCUT2D eigenvalue weighted by atomic mass is 9.75. The van der Waals surface area contributed by atoms with Gasteiger partial charge in [0.25, 0.3) is 11.5 Å². The molecule has 3 aromatic rings. The molecule has 2 saturated heterocycles. The number of likely N-dealkylation sites (tertiary alicyclic amines) is 1. The molecule has 0 aliphatic carbocycles. The fraction of sp³-hybridized carbons (Fsp3) is 0.375. The van der Waals surface area contributed by atoms with Crippen molar-refractivity contribution >= 4 is 23.5 Å². The minimum atomic E-state index is -1.49. The largest absolute Gasteiger partial charge is 0.335 e. The van der Waals surface area contributed by atoms with Gasteiger partial charge >= 0.3 is 6.03 Å².